The molecule has 3 rings (SSSR count). The van der Waals surface area contributed by atoms with Gasteiger partial charge in [-0.1, -0.05) is 29.3 Å². The minimum absolute atomic E-state index is 0.0914. The number of furan rings is 1. The number of para-hydroxylation sites is 1. The fraction of sp³-hybridized carbons (Fsp3) is 0.312. The number of carbonyl (C=O) groups excluding carboxylic acids is 1. The summed E-state index contributed by atoms with van der Waals surface area (Å²) in [4.78, 5) is 16.1. The summed E-state index contributed by atoms with van der Waals surface area (Å²) in [6, 6.07) is 9.01. The second kappa shape index (κ2) is 7.15. The summed E-state index contributed by atoms with van der Waals surface area (Å²) in [5, 5.41) is 4.12. The number of amides is 2. The van der Waals surface area contributed by atoms with Crippen LogP contribution in [0.15, 0.2) is 41.0 Å². The summed E-state index contributed by atoms with van der Waals surface area (Å²) in [6.07, 6.45) is 1.59. The number of rotatable bonds is 3. The maximum absolute atomic E-state index is 12.2. The molecule has 1 N–H and O–H groups in total. The minimum Gasteiger partial charge on any atom is -0.467 e. The third kappa shape index (κ3) is 3.74. The van der Waals surface area contributed by atoms with E-state index in [0.717, 1.165) is 11.4 Å². The zero-order valence-corrected chi connectivity index (χ0v) is 14.0. The maximum atomic E-state index is 12.2. The van der Waals surface area contributed by atoms with Gasteiger partial charge in [-0.25, -0.2) is 4.79 Å². The van der Waals surface area contributed by atoms with E-state index in [9.17, 15) is 4.79 Å². The summed E-state index contributed by atoms with van der Waals surface area (Å²) in [5.41, 5.74) is 0.839. The van der Waals surface area contributed by atoms with Gasteiger partial charge in [0.2, 0.25) is 0 Å². The Balaban J connectivity index is 1.55. The maximum Gasteiger partial charge on any atom is 0.317 e. The predicted molar refractivity (Wildman–Crippen MR) is 91.2 cm³/mol. The number of piperazine rings is 1. The Hall–Kier alpha value is -1.85. The number of anilines is 1. The molecule has 1 aromatic heterocycles. The van der Waals surface area contributed by atoms with Crippen molar-refractivity contribution in [2.24, 2.45) is 0 Å². The van der Waals surface area contributed by atoms with Crippen molar-refractivity contribution >= 4 is 34.9 Å². The number of benzene rings is 1. The topological polar surface area (TPSA) is 48.7 Å². The second-order valence-corrected chi connectivity index (χ2v) is 6.10. The molecule has 0 saturated carbocycles. The number of urea groups is 1. The number of hydrogen-bond acceptors (Lipinski definition) is 3. The summed E-state index contributed by atoms with van der Waals surface area (Å²) in [6.45, 7) is 3.01. The fourth-order valence-electron chi connectivity index (χ4n) is 2.61. The largest absolute Gasteiger partial charge is 0.467 e. The van der Waals surface area contributed by atoms with Crippen LogP contribution in [0.25, 0.3) is 0 Å². The Morgan fingerprint density at radius 1 is 1.09 bits per heavy atom. The Kier molecular flexibility index (Phi) is 4.98. The van der Waals surface area contributed by atoms with E-state index in [1.807, 2.05) is 24.3 Å². The highest BCUT2D eigenvalue weighted by Gasteiger charge is 2.23. The standard InChI is InChI=1S/C16H17Cl2N3O2/c17-13-4-1-5-14(18)15(13)20-6-8-21(9-7-20)16(22)19-11-12-3-2-10-23-12/h1-5,10H,6-9,11H2,(H,19,22). The van der Waals surface area contributed by atoms with Crippen LogP contribution in [0.5, 0.6) is 0 Å². The highest BCUT2D eigenvalue weighted by molar-refractivity contribution is 6.39. The second-order valence-electron chi connectivity index (χ2n) is 5.28. The van der Waals surface area contributed by atoms with E-state index < -0.39 is 0 Å². The van der Waals surface area contributed by atoms with Crippen molar-refractivity contribution in [2.75, 3.05) is 31.1 Å². The molecular formula is C16H17Cl2N3O2. The van der Waals surface area contributed by atoms with Gasteiger partial charge in [0, 0.05) is 26.2 Å². The molecule has 1 fully saturated rings. The molecule has 122 valence electrons. The van der Waals surface area contributed by atoms with Gasteiger partial charge in [-0.3, -0.25) is 0 Å². The van der Waals surface area contributed by atoms with Crippen LogP contribution in [-0.2, 0) is 6.54 Å². The smallest absolute Gasteiger partial charge is 0.317 e. The molecule has 2 aromatic rings. The van der Waals surface area contributed by atoms with Crippen molar-refractivity contribution in [2.45, 2.75) is 6.54 Å². The molecule has 1 aromatic carbocycles. The zero-order chi connectivity index (χ0) is 16.2. The Labute approximate surface area is 144 Å². The van der Waals surface area contributed by atoms with E-state index in [2.05, 4.69) is 10.2 Å². The quantitative estimate of drug-likeness (QED) is 0.916. The molecule has 0 unspecified atom stereocenters. The van der Waals surface area contributed by atoms with Crippen LogP contribution in [0.2, 0.25) is 10.0 Å². The molecular weight excluding hydrogens is 337 g/mol. The highest BCUT2D eigenvalue weighted by Crippen LogP contribution is 2.33. The molecule has 0 radical (unpaired) electrons. The molecule has 0 atom stereocenters. The number of nitrogens with zero attached hydrogens (tertiary/aromatic N) is 2. The first-order chi connectivity index (χ1) is 11.1. The lowest BCUT2D eigenvalue weighted by atomic mass is 10.2. The lowest BCUT2D eigenvalue weighted by molar-refractivity contribution is 0.193. The molecule has 2 amide bonds. The molecule has 0 spiro atoms. The van der Waals surface area contributed by atoms with E-state index in [-0.39, 0.29) is 6.03 Å². The molecule has 7 heteroatoms. The van der Waals surface area contributed by atoms with Gasteiger partial charge in [0.15, 0.2) is 0 Å². The predicted octanol–water partition coefficient (Wildman–Crippen LogP) is 3.62. The van der Waals surface area contributed by atoms with Crippen LogP contribution in [0.1, 0.15) is 5.76 Å². The van der Waals surface area contributed by atoms with Crippen LogP contribution in [0, 0.1) is 0 Å². The number of nitrogens with one attached hydrogen (secondary N) is 1. The molecule has 23 heavy (non-hydrogen) atoms. The average molecular weight is 354 g/mol. The summed E-state index contributed by atoms with van der Waals surface area (Å²) in [7, 11) is 0. The van der Waals surface area contributed by atoms with Crippen molar-refractivity contribution < 1.29 is 9.21 Å². The van der Waals surface area contributed by atoms with E-state index >= 15 is 0 Å². The van der Waals surface area contributed by atoms with Gasteiger partial charge < -0.3 is 19.5 Å². The fourth-order valence-corrected chi connectivity index (χ4v) is 3.25. The van der Waals surface area contributed by atoms with Gasteiger partial charge in [-0.2, -0.15) is 0 Å². The highest BCUT2D eigenvalue weighted by atomic mass is 35.5. The molecule has 1 aliphatic heterocycles. The Morgan fingerprint density at radius 3 is 2.39 bits per heavy atom. The third-order valence-electron chi connectivity index (χ3n) is 3.81. The monoisotopic (exact) mass is 353 g/mol. The lowest BCUT2D eigenvalue weighted by Gasteiger charge is -2.36. The van der Waals surface area contributed by atoms with Gasteiger partial charge in [0.1, 0.15) is 5.76 Å². The minimum atomic E-state index is -0.0914. The molecule has 1 saturated heterocycles. The molecule has 0 bridgehead atoms. The van der Waals surface area contributed by atoms with Crippen molar-refractivity contribution in [1.82, 2.24) is 10.2 Å². The molecule has 2 heterocycles. The van der Waals surface area contributed by atoms with E-state index in [1.165, 1.54) is 0 Å². The molecule has 1 aliphatic rings. The van der Waals surface area contributed by atoms with Crippen molar-refractivity contribution in [3.63, 3.8) is 0 Å². The lowest BCUT2D eigenvalue weighted by Crippen LogP contribution is -2.51. The van der Waals surface area contributed by atoms with Crippen molar-refractivity contribution in [1.29, 1.82) is 0 Å². The summed E-state index contributed by atoms with van der Waals surface area (Å²) < 4.78 is 5.20. The van der Waals surface area contributed by atoms with Crippen LogP contribution in [-0.4, -0.2) is 37.1 Å². The van der Waals surface area contributed by atoms with Gasteiger partial charge >= 0.3 is 6.03 Å². The van der Waals surface area contributed by atoms with Crippen molar-refractivity contribution in [3.05, 3.63) is 52.4 Å². The zero-order valence-electron chi connectivity index (χ0n) is 12.5. The Morgan fingerprint density at radius 2 is 1.78 bits per heavy atom. The van der Waals surface area contributed by atoms with Gasteiger partial charge in [-0.05, 0) is 24.3 Å². The first-order valence-electron chi connectivity index (χ1n) is 7.39. The Bertz CT molecular complexity index is 648. The summed E-state index contributed by atoms with van der Waals surface area (Å²) >= 11 is 12.5. The van der Waals surface area contributed by atoms with E-state index in [0.29, 0.717) is 42.8 Å². The first-order valence-corrected chi connectivity index (χ1v) is 8.15. The number of hydrogen-bond donors (Lipinski definition) is 1. The van der Waals surface area contributed by atoms with Crippen LogP contribution < -0.4 is 10.2 Å². The number of halogens is 2. The van der Waals surface area contributed by atoms with Crippen LogP contribution >= 0.6 is 23.2 Å². The van der Waals surface area contributed by atoms with E-state index in [1.54, 1.807) is 17.2 Å². The number of carbonyl (C=O) groups is 1. The van der Waals surface area contributed by atoms with Crippen LogP contribution in [0.3, 0.4) is 0 Å². The van der Waals surface area contributed by atoms with Gasteiger partial charge in [0.05, 0.1) is 28.5 Å². The average Bonchev–Trinajstić information content (AvgIpc) is 3.06. The molecule has 5 nitrogen and oxygen atoms in total. The molecule has 0 aliphatic carbocycles. The summed E-state index contributed by atoms with van der Waals surface area (Å²) in [5.74, 6) is 0.736. The van der Waals surface area contributed by atoms with Crippen molar-refractivity contribution in [3.8, 4) is 0 Å². The van der Waals surface area contributed by atoms with Gasteiger partial charge in [-0.15, -0.1) is 0 Å². The van der Waals surface area contributed by atoms with Gasteiger partial charge in [0.25, 0.3) is 0 Å². The first kappa shape index (κ1) is 16.0. The normalized spacial score (nSPS) is 14.9. The third-order valence-corrected chi connectivity index (χ3v) is 4.42. The van der Waals surface area contributed by atoms with E-state index in [4.69, 9.17) is 27.6 Å². The SMILES string of the molecule is O=C(NCc1ccco1)N1CCN(c2c(Cl)cccc2Cl)CC1. The van der Waals surface area contributed by atoms with Crippen LogP contribution in [0.4, 0.5) is 10.5 Å².